The fourth-order valence-corrected chi connectivity index (χ4v) is 4.43. The second-order valence-corrected chi connectivity index (χ2v) is 7.87. The van der Waals surface area contributed by atoms with Gasteiger partial charge in [0.15, 0.2) is 5.60 Å². The van der Waals surface area contributed by atoms with Crippen LogP contribution >= 0.6 is 11.6 Å². The molecule has 30 heavy (non-hydrogen) atoms. The number of halogens is 1. The molecule has 4 heterocycles. The zero-order valence-corrected chi connectivity index (χ0v) is 16.5. The number of aliphatic hydroxyl groups is 1. The van der Waals surface area contributed by atoms with Gasteiger partial charge in [-0.1, -0.05) is 18.5 Å². The molecule has 0 unspecified atom stereocenters. The van der Waals surface area contributed by atoms with Gasteiger partial charge < -0.3 is 19.7 Å². The van der Waals surface area contributed by atoms with E-state index in [4.69, 9.17) is 16.3 Å². The molecule has 9 heteroatoms. The van der Waals surface area contributed by atoms with Crippen molar-refractivity contribution in [1.29, 1.82) is 0 Å². The molecule has 1 aromatic carbocycles. The summed E-state index contributed by atoms with van der Waals surface area (Å²) < 4.78 is 6.25. The van der Waals surface area contributed by atoms with Gasteiger partial charge in [-0.25, -0.2) is 4.79 Å². The molecular formula is C21H15ClN2O6. The fourth-order valence-electron chi connectivity index (χ4n) is 4.26. The fraction of sp³-hybridized carbons (Fsp3) is 0.238. The molecule has 1 amide bonds. The number of ether oxygens (including phenoxy) is 1. The number of esters is 1. The number of allylic oxidation sites excluding steroid dienone is 1. The van der Waals surface area contributed by atoms with E-state index in [1.54, 1.807) is 25.1 Å². The maximum Gasteiger partial charge on any atom is 0.343 e. The number of rotatable bonds is 1. The minimum atomic E-state index is -2.00. The highest BCUT2D eigenvalue weighted by atomic mass is 35.5. The van der Waals surface area contributed by atoms with Gasteiger partial charge in [0.1, 0.15) is 6.61 Å². The molecule has 1 aromatic heterocycles. The Hall–Kier alpha value is -3.23. The lowest BCUT2D eigenvalue weighted by Crippen LogP contribution is -2.44. The van der Waals surface area contributed by atoms with Gasteiger partial charge in [0.05, 0.1) is 23.4 Å². The Bertz CT molecular complexity index is 1290. The van der Waals surface area contributed by atoms with Gasteiger partial charge in [-0.15, -0.1) is 0 Å². The van der Waals surface area contributed by atoms with Crippen LogP contribution in [-0.4, -0.2) is 27.3 Å². The van der Waals surface area contributed by atoms with Crippen LogP contribution < -0.4 is 10.9 Å². The highest BCUT2D eigenvalue weighted by Crippen LogP contribution is 2.40. The third-order valence-electron chi connectivity index (χ3n) is 5.89. The average molecular weight is 427 g/mol. The van der Waals surface area contributed by atoms with Crippen LogP contribution in [-0.2, 0) is 33.1 Å². The summed E-state index contributed by atoms with van der Waals surface area (Å²) in [6.45, 7) is 1.20. The molecule has 0 spiro atoms. The number of hydrogen-bond donors (Lipinski definition) is 2. The van der Waals surface area contributed by atoms with Crippen molar-refractivity contribution in [2.45, 2.75) is 32.1 Å². The number of Topliss-reactive ketones (excluding diaryl/α,β-unsaturated/α-hetero) is 1. The van der Waals surface area contributed by atoms with Crippen molar-refractivity contribution in [3.8, 4) is 0 Å². The highest BCUT2D eigenvalue weighted by molar-refractivity contribution is 6.38. The second kappa shape index (κ2) is 6.13. The molecule has 1 atom stereocenters. The number of nitrogens with one attached hydrogen (secondary N) is 1. The Morgan fingerprint density at radius 3 is 2.73 bits per heavy atom. The summed E-state index contributed by atoms with van der Waals surface area (Å²) >= 11 is 6.07. The lowest BCUT2D eigenvalue weighted by molar-refractivity contribution is -0.172. The number of hydrogen-bond acceptors (Lipinski definition) is 6. The topological polar surface area (TPSA) is 115 Å². The Morgan fingerprint density at radius 2 is 2.00 bits per heavy atom. The first-order valence-corrected chi connectivity index (χ1v) is 9.70. The van der Waals surface area contributed by atoms with Crippen molar-refractivity contribution >= 4 is 40.5 Å². The second-order valence-electron chi connectivity index (χ2n) is 7.43. The van der Waals surface area contributed by atoms with Crippen molar-refractivity contribution in [3.05, 3.63) is 67.6 Å². The number of amides is 1. The third kappa shape index (κ3) is 2.31. The number of carbonyl (C=O) groups is 3. The lowest BCUT2D eigenvalue weighted by atomic mass is 9.86. The number of carbonyl (C=O) groups excluding carboxylic acids is 3. The normalized spacial score (nSPS) is 24.3. The number of nitrogens with zero attached hydrogens (tertiary/aromatic N) is 1. The smallest absolute Gasteiger partial charge is 0.343 e. The van der Waals surface area contributed by atoms with E-state index in [0.29, 0.717) is 16.3 Å². The van der Waals surface area contributed by atoms with Crippen LogP contribution in [0.4, 0.5) is 5.69 Å². The van der Waals surface area contributed by atoms with E-state index < -0.39 is 28.8 Å². The summed E-state index contributed by atoms with van der Waals surface area (Å²) in [6, 6.07) is 6.22. The number of benzene rings is 1. The number of cyclic esters (lactones) is 1. The maximum absolute atomic E-state index is 13.2. The first kappa shape index (κ1) is 18.8. The van der Waals surface area contributed by atoms with Crippen LogP contribution in [0.5, 0.6) is 0 Å². The van der Waals surface area contributed by atoms with Gasteiger partial charge in [0.25, 0.3) is 11.5 Å². The average Bonchev–Trinajstić information content (AvgIpc) is 3.21. The highest BCUT2D eigenvalue weighted by Gasteiger charge is 2.46. The van der Waals surface area contributed by atoms with E-state index in [1.165, 1.54) is 10.6 Å². The summed E-state index contributed by atoms with van der Waals surface area (Å²) in [5.41, 5.74) is -0.966. The van der Waals surface area contributed by atoms with E-state index in [9.17, 15) is 24.3 Å². The number of ketones is 1. The van der Waals surface area contributed by atoms with Crippen molar-refractivity contribution in [1.82, 2.24) is 4.57 Å². The summed E-state index contributed by atoms with van der Waals surface area (Å²) in [6.07, 6.45) is -0.0157. The zero-order valence-electron chi connectivity index (χ0n) is 15.7. The lowest BCUT2D eigenvalue weighted by Gasteiger charge is -2.31. The quantitative estimate of drug-likeness (QED) is 0.530. The molecule has 2 aromatic rings. The van der Waals surface area contributed by atoms with Crippen molar-refractivity contribution < 1.29 is 24.2 Å². The van der Waals surface area contributed by atoms with Gasteiger partial charge in [-0.05, 0) is 30.7 Å². The molecule has 3 aliphatic heterocycles. The summed E-state index contributed by atoms with van der Waals surface area (Å²) in [4.78, 5) is 51.0. The van der Waals surface area contributed by atoms with Crippen molar-refractivity contribution in [2.24, 2.45) is 0 Å². The van der Waals surface area contributed by atoms with Crippen molar-refractivity contribution in [2.75, 3.05) is 5.32 Å². The molecule has 3 aliphatic rings. The molecule has 0 fully saturated rings. The van der Waals surface area contributed by atoms with E-state index in [1.807, 2.05) is 0 Å². The van der Waals surface area contributed by atoms with Crippen LogP contribution in [0, 0.1) is 0 Å². The van der Waals surface area contributed by atoms with E-state index in [-0.39, 0.29) is 47.5 Å². The molecule has 0 saturated heterocycles. The van der Waals surface area contributed by atoms with Crippen LogP contribution in [0.2, 0.25) is 5.02 Å². The Balaban J connectivity index is 1.73. The summed E-state index contributed by atoms with van der Waals surface area (Å²) in [5.74, 6) is -1.82. The number of anilines is 1. The van der Waals surface area contributed by atoms with Gasteiger partial charge in [-0.3, -0.25) is 14.4 Å². The van der Waals surface area contributed by atoms with Gasteiger partial charge in [-0.2, -0.15) is 0 Å². The monoisotopic (exact) mass is 426 g/mol. The van der Waals surface area contributed by atoms with Gasteiger partial charge >= 0.3 is 5.97 Å². The Labute approximate surface area is 174 Å². The molecular weight excluding hydrogens is 412 g/mol. The minimum absolute atomic E-state index is 0.0157. The SMILES string of the molecule is CC[C@@]1(O)C(=O)OCc2c1cc1n(c2=O)C/C(=C2/C(=O)Nc3ccc(Cl)cc32)C1=O. The molecule has 0 radical (unpaired) electrons. The molecule has 0 bridgehead atoms. The molecule has 0 aliphatic carbocycles. The zero-order chi connectivity index (χ0) is 21.4. The Morgan fingerprint density at radius 1 is 1.23 bits per heavy atom. The summed E-state index contributed by atoms with van der Waals surface area (Å²) in [5, 5.41) is 13.9. The largest absolute Gasteiger partial charge is 0.458 e. The summed E-state index contributed by atoms with van der Waals surface area (Å²) in [7, 11) is 0. The molecule has 152 valence electrons. The van der Waals surface area contributed by atoms with E-state index in [2.05, 4.69) is 5.32 Å². The van der Waals surface area contributed by atoms with Gasteiger partial charge in [0, 0.05) is 27.4 Å². The maximum atomic E-state index is 13.2. The number of fused-ring (bicyclic) bond motifs is 3. The van der Waals surface area contributed by atoms with Gasteiger partial charge in [0.2, 0.25) is 5.78 Å². The van der Waals surface area contributed by atoms with Crippen LogP contribution in [0.3, 0.4) is 0 Å². The molecule has 8 nitrogen and oxygen atoms in total. The predicted molar refractivity (Wildman–Crippen MR) is 106 cm³/mol. The van der Waals surface area contributed by atoms with Crippen molar-refractivity contribution in [3.63, 3.8) is 0 Å². The standard InChI is InChI=1S/C21H15ClN2O6/c1-2-21(29)13-6-15-17(25)11(7-24(15)19(27)12(13)8-30-20(21)28)16-10-5-9(22)3-4-14(10)23-18(16)26/h3-6,29H,2,7-8H2,1H3,(H,23,26)/b16-11-/t21-/m0/s1. The molecule has 0 saturated carbocycles. The van der Waals surface area contributed by atoms with Crippen LogP contribution in [0.1, 0.15) is 40.5 Å². The third-order valence-corrected chi connectivity index (χ3v) is 6.13. The first-order chi connectivity index (χ1) is 14.3. The molecule has 2 N–H and O–H groups in total. The Kier molecular flexibility index (Phi) is 3.84. The van der Waals surface area contributed by atoms with Crippen LogP contribution in [0.15, 0.2) is 34.6 Å². The first-order valence-electron chi connectivity index (χ1n) is 9.32. The van der Waals surface area contributed by atoms with Crippen LogP contribution in [0.25, 0.3) is 5.57 Å². The minimum Gasteiger partial charge on any atom is -0.458 e. The predicted octanol–water partition coefficient (Wildman–Crippen LogP) is 1.76. The van der Waals surface area contributed by atoms with E-state index >= 15 is 0 Å². The number of pyridine rings is 1. The molecule has 5 rings (SSSR count). The van der Waals surface area contributed by atoms with E-state index in [0.717, 1.165) is 0 Å². The number of aromatic nitrogens is 1.